The Labute approximate surface area is 148 Å². The molecule has 25 heavy (non-hydrogen) atoms. The molecule has 1 atom stereocenters. The van der Waals surface area contributed by atoms with Crippen molar-refractivity contribution >= 4 is 0 Å². The lowest BCUT2D eigenvalue weighted by molar-refractivity contribution is 0.138. The second kappa shape index (κ2) is 7.66. The number of nitrogens with zero attached hydrogens (tertiary/aromatic N) is 1. The number of fused-ring (bicyclic) bond motifs is 1. The molecule has 0 aliphatic carbocycles. The maximum Gasteiger partial charge on any atom is 0.162 e. The van der Waals surface area contributed by atoms with Crippen LogP contribution in [-0.2, 0) is 13.1 Å². The number of hydrogen-bond acceptors (Lipinski definition) is 5. The second-order valence-corrected chi connectivity index (χ2v) is 6.26. The van der Waals surface area contributed by atoms with Crippen molar-refractivity contribution in [2.24, 2.45) is 0 Å². The van der Waals surface area contributed by atoms with Gasteiger partial charge in [-0.25, -0.2) is 0 Å². The first-order valence-electron chi connectivity index (χ1n) is 8.55. The first-order valence-corrected chi connectivity index (χ1v) is 8.55. The number of methoxy groups -OCH3 is 2. The van der Waals surface area contributed by atoms with E-state index in [9.17, 15) is 5.11 Å². The molecule has 0 saturated carbocycles. The van der Waals surface area contributed by atoms with Gasteiger partial charge in [-0.1, -0.05) is 19.1 Å². The zero-order valence-electron chi connectivity index (χ0n) is 15.0. The molecule has 0 fully saturated rings. The molecule has 5 nitrogen and oxygen atoms in total. The van der Waals surface area contributed by atoms with Crippen molar-refractivity contribution < 1.29 is 19.3 Å². The number of para-hydroxylation sites is 1. The summed E-state index contributed by atoms with van der Waals surface area (Å²) in [5.74, 6) is 2.43. The Kier molecular flexibility index (Phi) is 5.34. The molecule has 0 saturated heterocycles. The molecule has 2 aromatic rings. The molecule has 1 heterocycles. The van der Waals surface area contributed by atoms with E-state index in [4.69, 9.17) is 14.2 Å². The average molecular weight is 343 g/mol. The van der Waals surface area contributed by atoms with Gasteiger partial charge < -0.3 is 19.3 Å². The van der Waals surface area contributed by atoms with Gasteiger partial charge in [-0.05, 0) is 30.7 Å². The van der Waals surface area contributed by atoms with Crippen molar-refractivity contribution in [3.05, 3.63) is 47.5 Å². The third-order valence-corrected chi connectivity index (χ3v) is 4.57. The van der Waals surface area contributed by atoms with Crippen LogP contribution in [0.1, 0.15) is 24.5 Å². The van der Waals surface area contributed by atoms with Crippen LogP contribution in [0.3, 0.4) is 0 Å². The van der Waals surface area contributed by atoms with Gasteiger partial charge in [-0.2, -0.15) is 0 Å². The highest BCUT2D eigenvalue weighted by Crippen LogP contribution is 2.33. The summed E-state index contributed by atoms with van der Waals surface area (Å²) >= 11 is 0. The zero-order chi connectivity index (χ0) is 17.8. The maximum absolute atomic E-state index is 10.4. The maximum atomic E-state index is 10.4. The number of ether oxygens (including phenoxy) is 3. The highest BCUT2D eigenvalue weighted by atomic mass is 16.5. The molecule has 0 bridgehead atoms. The molecule has 0 radical (unpaired) electrons. The van der Waals surface area contributed by atoms with Gasteiger partial charge in [0.15, 0.2) is 11.5 Å². The minimum absolute atomic E-state index is 0.113. The number of benzene rings is 2. The predicted octanol–water partition coefficient (Wildman–Crippen LogP) is 3.58. The van der Waals surface area contributed by atoms with Gasteiger partial charge in [0, 0.05) is 30.8 Å². The molecule has 0 aromatic heterocycles. The Morgan fingerprint density at radius 1 is 1.20 bits per heavy atom. The van der Waals surface area contributed by atoms with Crippen molar-refractivity contribution in [3.8, 4) is 23.0 Å². The summed E-state index contributed by atoms with van der Waals surface area (Å²) in [5, 5.41) is 10.4. The van der Waals surface area contributed by atoms with E-state index >= 15 is 0 Å². The minimum atomic E-state index is 0.113. The summed E-state index contributed by atoms with van der Waals surface area (Å²) in [6, 6.07) is 11.5. The van der Waals surface area contributed by atoms with Crippen LogP contribution in [-0.4, -0.2) is 36.9 Å². The van der Waals surface area contributed by atoms with Crippen LogP contribution in [0.5, 0.6) is 23.0 Å². The fourth-order valence-corrected chi connectivity index (χ4v) is 3.17. The summed E-state index contributed by atoms with van der Waals surface area (Å²) < 4.78 is 16.7. The van der Waals surface area contributed by atoms with Crippen LogP contribution in [0.4, 0.5) is 0 Å². The molecule has 1 aliphatic rings. The Morgan fingerprint density at radius 3 is 2.76 bits per heavy atom. The van der Waals surface area contributed by atoms with Gasteiger partial charge in [0.05, 0.1) is 14.2 Å². The van der Waals surface area contributed by atoms with Crippen LogP contribution in [0, 0.1) is 0 Å². The van der Waals surface area contributed by atoms with Crippen molar-refractivity contribution in [1.29, 1.82) is 0 Å². The molecule has 2 aromatic carbocycles. The molecule has 1 aliphatic heterocycles. The van der Waals surface area contributed by atoms with Crippen molar-refractivity contribution in [2.45, 2.75) is 32.5 Å². The molecule has 1 unspecified atom stereocenters. The summed E-state index contributed by atoms with van der Waals surface area (Å²) in [6.45, 7) is 4.28. The van der Waals surface area contributed by atoms with E-state index in [1.165, 1.54) is 0 Å². The Bertz CT molecular complexity index is 732. The fourth-order valence-electron chi connectivity index (χ4n) is 3.17. The lowest BCUT2D eigenvalue weighted by Gasteiger charge is -2.23. The summed E-state index contributed by atoms with van der Waals surface area (Å²) in [5.41, 5.74) is 1.94. The monoisotopic (exact) mass is 343 g/mol. The molecular formula is C20H25NO4. The molecule has 5 heteroatoms. The lowest BCUT2D eigenvalue weighted by atomic mass is 10.1. The van der Waals surface area contributed by atoms with Crippen LogP contribution in [0.25, 0.3) is 0 Å². The van der Waals surface area contributed by atoms with E-state index in [1.54, 1.807) is 20.3 Å². The smallest absolute Gasteiger partial charge is 0.162 e. The molecule has 0 spiro atoms. The quantitative estimate of drug-likeness (QED) is 0.899. The van der Waals surface area contributed by atoms with Crippen molar-refractivity contribution in [1.82, 2.24) is 4.90 Å². The van der Waals surface area contributed by atoms with Crippen LogP contribution < -0.4 is 14.2 Å². The van der Waals surface area contributed by atoms with Gasteiger partial charge in [-0.15, -0.1) is 0 Å². The SMILES string of the molecule is CCC1CN(Cc2cccc(OC)c2O)Cc2cc(OC)ccc2O1. The number of phenolic OH excluding ortho intramolecular Hbond substituents is 1. The predicted molar refractivity (Wildman–Crippen MR) is 96.5 cm³/mol. The largest absolute Gasteiger partial charge is 0.504 e. The number of phenols is 1. The summed E-state index contributed by atoms with van der Waals surface area (Å²) in [7, 11) is 3.23. The third kappa shape index (κ3) is 3.82. The second-order valence-electron chi connectivity index (χ2n) is 6.26. The van der Waals surface area contributed by atoms with E-state index in [2.05, 4.69) is 11.8 Å². The minimum Gasteiger partial charge on any atom is -0.504 e. The Balaban J connectivity index is 1.88. The fraction of sp³-hybridized carbons (Fsp3) is 0.400. The molecule has 134 valence electrons. The van der Waals surface area contributed by atoms with Gasteiger partial charge in [0.25, 0.3) is 0 Å². The number of hydrogen-bond donors (Lipinski definition) is 1. The standard InChI is InChI=1S/C20H25NO4/c1-4-16-13-21(11-14-6-5-7-19(24-3)20(14)22)12-15-10-17(23-2)8-9-18(15)25-16/h5-10,16,22H,4,11-13H2,1-3H3. The van der Waals surface area contributed by atoms with Gasteiger partial charge in [0.1, 0.15) is 17.6 Å². The highest BCUT2D eigenvalue weighted by molar-refractivity contribution is 5.45. The first-order chi connectivity index (χ1) is 12.1. The molecule has 0 amide bonds. The van der Waals surface area contributed by atoms with Crippen molar-refractivity contribution in [3.63, 3.8) is 0 Å². The van der Waals surface area contributed by atoms with E-state index in [-0.39, 0.29) is 11.9 Å². The normalized spacial score (nSPS) is 17.3. The van der Waals surface area contributed by atoms with Gasteiger partial charge >= 0.3 is 0 Å². The van der Waals surface area contributed by atoms with E-state index in [0.29, 0.717) is 12.3 Å². The van der Waals surface area contributed by atoms with Crippen LogP contribution in [0.15, 0.2) is 36.4 Å². The van der Waals surface area contributed by atoms with Gasteiger partial charge in [0.2, 0.25) is 0 Å². The molecular weight excluding hydrogens is 318 g/mol. The summed E-state index contributed by atoms with van der Waals surface area (Å²) in [6.07, 6.45) is 1.04. The van der Waals surface area contributed by atoms with Gasteiger partial charge in [-0.3, -0.25) is 4.90 Å². The van der Waals surface area contributed by atoms with E-state index in [1.807, 2.05) is 30.3 Å². The van der Waals surface area contributed by atoms with Crippen molar-refractivity contribution in [2.75, 3.05) is 20.8 Å². The highest BCUT2D eigenvalue weighted by Gasteiger charge is 2.23. The third-order valence-electron chi connectivity index (χ3n) is 4.57. The zero-order valence-corrected chi connectivity index (χ0v) is 15.0. The Hall–Kier alpha value is -2.40. The average Bonchev–Trinajstić information content (AvgIpc) is 2.81. The molecule has 3 rings (SSSR count). The van der Waals surface area contributed by atoms with E-state index < -0.39 is 0 Å². The summed E-state index contributed by atoms with van der Waals surface area (Å²) in [4.78, 5) is 2.29. The topological polar surface area (TPSA) is 51.2 Å². The van der Waals surface area contributed by atoms with E-state index in [0.717, 1.165) is 42.1 Å². The molecule has 1 N–H and O–H groups in total. The lowest BCUT2D eigenvalue weighted by Crippen LogP contribution is -2.32. The number of rotatable bonds is 5. The number of aromatic hydroxyl groups is 1. The Morgan fingerprint density at radius 2 is 2.04 bits per heavy atom. The van der Waals surface area contributed by atoms with Crippen LogP contribution >= 0.6 is 0 Å². The van der Waals surface area contributed by atoms with Crippen LogP contribution in [0.2, 0.25) is 0 Å². The first kappa shape index (κ1) is 17.4.